The largest absolute Gasteiger partial charge is 0.381 e. The van der Waals surface area contributed by atoms with E-state index in [0.29, 0.717) is 12.7 Å². The molecular formula is C23H30IN3O2. The van der Waals surface area contributed by atoms with Crippen LogP contribution < -0.4 is 10.2 Å². The average Bonchev–Trinajstić information content (AvgIpc) is 3.18. The van der Waals surface area contributed by atoms with Crippen LogP contribution in [-0.4, -0.2) is 38.9 Å². The summed E-state index contributed by atoms with van der Waals surface area (Å²) in [7, 11) is 1.85. The van der Waals surface area contributed by atoms with Crippen LogP contribution in [0.5, 0.6) is 0 Å². The van der Waals surface area contributed by atoms with E-state index in [1.165, 1.54) is 22.4 Å². The first-order chi connectivity index (χ1) is 13.8. The number of rotatable bonds is 5. The van der Waals surface area contributed by atoms with Gasteiger partial charge in [-0.25, -0.2) is 0 Å². The molecule has 0 aromatic heterocycles. The van der Waals surface area contributed by atoms with E-state index in [-0.39, 0.29) is 24.0 Å². The van der Waals surface area contributed by atoms with Crippen LogP contribution in [-0.2, 0) is 29.0 Å². The maximum Gasteiger partial charge on any atom is 0.198 e. The molecule has 156 valence electrons. The van der Waals surface area contributed by atoms with Gasteiger partial charge in [0, 0.05) is 39.0 Å². The molecule has 0 radical (unpaired) electrons. The van der Waals surface area contributed by atoms with Crippen LogP contribution in [0.3, 0.4) is 0 Å². The Morgan fingerprint density at radius 3 is 2.76 bits per heavy atom. The Morgan fingerprint density at radius 2 is 1.93 bits per heavy atom. The maximum atomic E-state index is 6.06. The number of halogens is 1. The first-order valence-electron chi connectivity index (χ1n) is 10.2. The molecule has 2 aliphatic heterocycles. The Labute approximate surface area is 190 Å². The number of para-hydroxylation sites is 1. The number of benzene rings is 2. The van der Waals surface area contributed by atoms with Crippen molar-refractivity contribution in [1.29, 1.82) is 0 Å². The van der Waals surface area contributed by atoms with Crippen LogP contribution in [0.25, 0.3) is 0 Å². The lowest BCUT2D eigenvalue weighted by Gasteiger charge is -2.23. The van der Waals surface area contributed by atoms with Crippen molar-refractivity contribution in [3.8, 4) is 0 Å². The molecule has 2 aromatic rings. The molecule has 1 saturated heterocycles. The van der Waals surface area contributed by atoms with Crippen LogP contribution in [0.2, 0.25) is 0 Å². The average molecular weight is 507 g/mol. The van der Waals surface area contributed by atoms with Crippen molar-refractivity contribution in [2.24, 2.45) is 4.99 Å². The summed E-state index contributed by atoms with van der Waals surface area (Å²) in [6.07, 6.45) is 3.38. The lowest BCUT2D eigenvalue weighted by molar-refractivity contribution is -0.0390. The third-order valence-corrected chi connectivity index (χ3v) is 5.45. The lowest BCUT2D eigenvalue weighted by atomic mass is 10.1. The fourth-order valence-corrected chi connectivity index (χ4v) is 3.92. The van der Waals surface area contributed by atoms with Gasteiger partial charge in [-0.1, -0.05) is 42.5 Å². The Bertz CT molecular complexity index is 821. The van der Waals surface area contributed by atoms with Crippen molar-refractivity contribution in [3.63, 3.8) is 0 Å². The highest BCUT2D eigenvalue weighted by Gasteiger charge is 2.22. The molecule has 1 N–H and O–H groups in total. The van der Waals surface area contributed by atoms with Crippen LogP contribution in [0.4, 0.5) is 5.69 Å². The molecule has 0 bridgehead atoms. The van der Waals surface area contributed by atoms with E-state index in [0.717, 1.165) is 51.5 Å². The van der Waals surface area contributed by atoms with Crippen molar-refractivity contribution >= 4 is 35.6 Å². The first kappa shape index (κ1) is 22.1. The summed E-state index contributed by atoms with van der Waals surface area (Å²) >= 11 is 0. The SMILES string of the molecule is CN=C(NCc1cccc(COC2CCOCC2)c1)N1CCc2ccccc21.I. The molecule has 0 unspecified atom stereocenters. The topological polar surface area (TPSA) is 46.1 Å². The minimum Gasteiger partial charge on any atom is -0.381 e. The zero-order chi connectivity index (χ0) is 19.2. The molecule has 5 nitrogen and oxygen atoms in total. The van der Waals surface area contributed by atoms with Gasteiger partial charge in [0.25, 0.3) is 0 Å². The number of anilines is 1. The van der Waals surface area contributed by atoms with Gasteiger partial charge in [0.15, 0.2) is 5.96 Å². The fourth-order valence-electron chi connectivity index (χ4n) is 3.92. The van der Waals surface area contributed by atoms with Crippen LogP contribution in [0.1, 0.15) is 29.5 Å². The standard InChI is InChI=1S/C23H29N3O2.HI/c1-24-23(26-12-9-20-7-2-3-8-22(20)26)25-16-18-5-4-6-19(15-18)17-28-21-10-13-27-14-11-21;/h2-8,15,21H,9-14,16-17H2,1H3,(H,24,25);1H. The molecule has 0 atom stereocenters. The molecule has 2 aromatic carbocycles. The Morgan fingerprint density at radius 1 is 1.14 bits per heavy atom. The Hall–Kier alpha value is -1.64. The molecule has 29 heavy (non-hydrogen) atoms. The maximum absolute atomic E-state index is 6.06. The molecule has 0 spiro atoms. The molecule has 4 rings (SSSR count). The summed E-state index contributed by atoms with van der Waals surface area (Å²) in [5.74, 6) is 0.925. The van der Waals surface area contributed by atoms with Gasteiger partial charge >= 0.3 is 0 Å². The monoisotopic (exact) mass is 507 g/mol. The van der Waals surface area contributed by atoms with Gasteiger partial charge in [0.05, 0.1) is 12.7 Å². The highest BCUT2D eigenvalue weighted by atomic mass is 127. The van der Waals surface area contributed by atoms with Crippen LogP contribution in [0.15, 0.2) is 53.5 Å². The van der Waals surface area contributed by atoms with E-state index in [2.05, 4.69) is 63.7 Å². The van der Waals surface area contributed by atoms with Crippen LogP contribution >= 0.6 is 24.0 Å². The molecule has 2 aliphatic rings. The summed E-state index contributed by atoms with van der Waals surface area (Å²) in [6.45, 7) is 4.00. The van der Waals surface area contributed by atoms with Crippen molar-refractivity contribution < 1.29 is 9.47 Å². The predicted molar refractivity (Wildman–Crippen MR) is 128 cm³/mol. The van der Waals surface area contributed by atoms with Gasteiger partial charge in [-0.05, 0) is 42.0 Å². The summed E-state index contributed by atoms with van der Waals surface area (Å²) in [6, 6.07) is 17.2. The summed E-state index contributed by atoms with van der Waals surface area (Å²) in [5, 5.41) is 3.52. The molecule has 2 heterocycles. The Balaban J connectivity index is 0.00000240. The normalized spacial score (nSPS) is 17.0. The van der Waals surface area contributed by atoms with Gasteiger partial charge in [0.2, 0.25) is 0 Å². The number of nitrogens with zero attached hydrogens (tertiary/aromatic N) is 2. The van der Waals surface area contributed by atoms with Gasteiger partial charge in [-0.15, -0.1) is 24.0 Å². The minimum atomic E-state index is 0. The smallest absolute Gasteiger partial charge is 0.198 e. The molecule has 1 fully saturated rings. The second-order valence-corrected chi connectivity index (χ2v) is 7.37. The van der Waals surface area contributed by atoms with E-state index in [1.54, 1.807) is 0 Å². The first-order valence-corrected chi connectivity index (χ1v) is 10.2. The third kappa shape index (κ3) is 5.71. The highest BCUT2D eigenvalue weighted by Crippen LogP contribution is 2.27. The zero-order valence-electron chi connectivity index (χ0n) is 17.0. The van der Waals surface area contributed by atoms with Crippen molar-refractivity contribution in [1.82, 2.24) is 5.32 Å². The van der Waals surface area contributed by atoms with Gasteiger partial charge in [-0.3, -0.25) is 4.99 Å². The van der Waals surface area contributed by atoms with Gasteiger partial charge < -0.3 is 19.7 Å². The molecule has 6 heteroatoms. The number of aliphatic imine (C=N–C) groups is 1. The molecule has 0 amide bonds. The molecular weight excluding hydrogens is 477 g/mol. The fraction of sp³-hybridized carbons (Fsp3) is 0.435. The predicted octanol–water partition coefficient (Wildman–Crippen LogP) is 4.14. The van der Waals surface area contributed by atoms with Crippen molar-refractivity contribution in [2.75, 3.05) is 31.7 Å². The summed E-state index contributed by atoms with van der Waals surface area (Å²) in [5.41, 5.74) is 5.10. The number of fused-ring (bicyclic) bond motifs is 1. The number of guanidine groups is 1. The van der Waals surface area contributed by atoms with E-state index in [1.807, 2.05) is 7.05 Å². The van der Waals surface area contributed by atoms with Crippen molar-refractivity contribution in [2.45, 2.75) is 38.5 Å². The zero-order valence-corrected chi connectivity index (χ0v) is 19.3. The number of hydrogen-bond acceptors (Lipinski definition) is 3. The molecule has 0 saturated carbocycles. The quantitative estimate of drug-likeness (QED) is 0.376. The van der Waals surface area contributed by atoms with E-state index in [9.17, 15) is 0 Å². The lowest BCUT2D eigenvalue weighted by Crippen LogP contribution is -2.40. The Kier molecular flexibility index (Phi) is 8.32. The minimum absolute atomic E-state index is 0. The number of nitrogens with one attached hydrogen (secondary N) is 1. The highest BCUT2D eigenvalue weighted by molar-refractivity contribution is 14.0. The van der Waals surface area contributed by atoms with E-state index >= 15 is 0 Å². The molecule has 0 aliphatic carbocycles. The second-order valence-electron chi connectivity index (χ2n) is 7.37. The van der Waals surface area contributed by atoms with Gasteiger partial charge in [-0.2, -0.15) is 0 Å². The van der Waals surface area contributed by atoms with Crippen LogP contribution in [0, 0.1) is 0 Å². The number of ether oxygens (including phenoxy) is 2. The van der Waals surface area contributed by atoms with E-state index < -0.39 is 0 Å². The van der Waals surface area contributed by atoms with Crippen molar-refractivity contribution in [3.05, 3.63) is 65.2 Å². The van der Waals surface area contributed by atoms with Gasteiger partial charge in [0.1, 0.15) is 0 Å². The second kappa shape index (κ2) is 10.9. The number of hydrogen-bond donors (Lipinski definition) is 1. The summed E-state index contributed by atoms with van der Waals surface area (Å²) in [4.78, 5) is 6.77. The van der Waals surface area contributed by atoms with E-state index in [4.69, 9.17) is 9.47 Å². The summed E-state index contributed by atoms with van der Waals surface area (Å²) < 4.78 is 11.5. The third-order valence-electron chi connectivity index (χ3n) is 5.45.